The van der Waals surface area contributed by atoms with Gasteiger partial charge in [0.15, 0.2) is 0 Å². The number of amides is 1. The van der Waals surface area contributed by atoms with Crippen LogP contribution in [0.15, 0.2) is 12.1 Å². The van der Waals surface area contributed by atoms with E-state index in [1.54, 1.807) is 0 Å². The Balaban J connectivity index is 0.00000280. The van der Waals surface area contributed by atoms with Gasteiger partial charge in [0, 0.05) is 42.5 Å². The van der Waals surface area contributed by atoms with Crippen molar-refractivity contribution in [3.05, 3.63) is 23.3 Å². The van der Waals surface area contributed by atoms with Gasteiger partial charge in [-0.3, -0.25) is 4.79 Å². The monoisotopic (exact) mass is 412 g/mol. The average molecular weight is 413 g/mol. The van der Waals surface area contributed by atoms with Crippen LogP contribution >= 0.6 is 12.4 Å². The highest BCUT2D eigenvalue weighted by Crippen LogP contribution is 2.50. The third-order valence-corrected chi connectivity index (χ3v) is 6.05. The van der Waals surface area contributed by atoms with E-state index in [0.29, 0.717) is 26.2 Å². The smallest absolute Gasteiger partial charge is 0.241 e. The molecular formula is C21H33ClN2O4. The van der Waals surface area contributed by atoms with E-state index in [4.69, 9.17) is 19.9 Å². The minimum absolute atomic E-state index is 0. The Morgan fingerprint density at radius 3 is 2.64 bits per heavy atom. The van der Waals surface area contributed by atoms with Crippen LogP contribution in [0.2, 0.25) is 0 Å². The van der Waals surface area contributed by atoms with Gasteiger partial charge in [0.25, 0.3) is 0 Å². The molecule has 1 fully saturated rings. The Morgan fingerprint density at radius 2 is 2.04 bits per heavy atom. The molecule has 0 radical (unpaired) electrons. The quantitative estimate of drug-likeness (QED) is 0.719. The lowest BCUT2D eigenvalue weighted by Crippen LogP contribution is -2.75. The summed E-state index contributed by atoms with van der Waals surface area (Å²) in [6, 6.07) is 4.00. The predicted molar refractivity (Wildman–Crippen MR) is 111 cm³/mol. The van der Waals surface area contributed by atoms with Crippen LogP contribution in [0.1, 0.15) is 52.2 Å². The summed E-state index contributed by atoms with van der Waals surface area (Å²) < 4.78 is 17.4. The zero-order valence-electron chi connectivity index (χ0n) is 17.5. The first-order valence-electron chi connectivity index (χ1n) is 9.87. The number of hydrogen-bond acceptors (Lipinski definition) is 5. The second-order valence-electron chi connectivity index (χ2n) is 8.16. The molecule has 1 heterocycles. The fraction of sp³-hybridized carbons (Fsp3) is 0.667. The van der Waals surface area contributed by atoms with Crippen LogP contribution in [0.4, 0.5) is 0 Å². The average Bonchev–Trinajstić information content (AvgIpc) is 2.98. The molecule has 1 aromatic carbocycles. The summed E-state index contributed by atoms with van der Waals surface area (Å²) in [5.74, 6) is 1.51. The molecule has 3 rings (SSSR count). The van der Waals surface area contributed by atoms with E-state index in [1.807, 2.05) is 46.8 Å². The molecule has 1 amide bonds. The van der Waals surface area contributed by atoms with Crippen molar-refractivity contribution in [3.63, 3.8) is 0 Å². The second kappa shape index (κ2) is 8.47. The minimum Gasteiger partial charge on any atom is -0.494 e. The van der Waals surface area contributed by atoms with Gasteiger partial charge in [-0.25, -0.2) is 0 Å². The van der Waals surface area contributed by atoms with Crippen molar-refractivity contribution in [2.45, 2.75) is 71.8 Å². The van der Waals surface area contributed by atoms with Gasteiger partial charge in [-0.2, -0.15) is 0 Å². The summed E-state index contributed by atoms with van der Waals surface area (Å²) in [7, 11) is 0. The van der Waals surface area contributed by atoms with Crippen molar-refractivity contribution in [1.29, 1.82) is 0 Å². The van der Waals surface area contributed by atoms with E-state index in [9.17, 15) is 4.79 Å². The number of nitrogens with one attached hydrogen (secondary N) is 1. The van der Waals surface area contributed by atoms with Crippen molar-refractivity contribution in [3.8, 4) is 11.5 Å². The number of rotatable bonds is 7. The van der Waals surface area contributed by atoms with E-state index in [-0.39, 0.29) is 30.5 Å². The van der Waals surface area contributed by atoms with Gasteiger partial charge >= 0.3 is 0 Å². The molecule has 7 heteroatoms. The number of fused-ring (bicyclic) bond motifs is 1. The van der Waals surface area contributed by atoms with E-state index in [1.165, 1.54) is 0 Å². The summed E-state index contributed by atoms with van der Waals surface area (Å²) in [6.07, 6.45) is 1.58. The van der Waals surface area contributed by atoms with Crippen molar-refractivity contribution in [2.24, 2.45) is 11.1 Å². The molecule has 1 aliphatic heterocycles. The molecule has 1 aromatic rings. The standard InChI is InChI=1S/C21H32N2O4.ClH/c1-6-25-16-9-14-8-13(3)27-17(14)10-15(16)12-23-19(24)21(22)11-18(26-7-2)20(21,4)5;/h9-10,13,18H,6-8,11-12,22H2,1-5H3,(H,23,24);1H. The Kier molecular flexibility index (Phi) is 6.90. The fourth-order valence-electron chi connectivity index (χ4n) is 4.06. The van der Waals surface area contributed by atoms with Crippen LogP contribution in [-0.4, -0.2) is 36.9 Å². The first kappa shape index (κ1) is 22.8. The largest absolute Gasteiger partial charge is 0.494 e. The third kappa shape index (κ3) is 3.82. The van der Waals surface area contributed by atoms with Crippen molar-refractivity contribution in [2.75, 3.05) is 13.2 Å². The van der Waals surface area contributed by atoms with E-state index < -0.39 is 11.0 Å². The number of halogens is 1. The van der Waals surface area contributed by atoms with Gasteiger partial charge in [0.05, 0.1) is 12.7 Å². The lowest BCUT2D eigenvalue weighted by atomic mass is 9.54. The molecule has 0 aromatic heterocycles. The van der Waals surface area contributed by atoms with Gasteiger partial charge < -0.3 is 25.3 Å². The number of carbonyl (C=O) groups is 1. The molecule has 6 nitrogen and oxygen atoms in total. The highest BCUT2D eigenvalue weighted by Gasteiger charge is 2.62. The molecule has 28 heavy (non-hydrogen) atoms. The Bertz CT molecular complexity index is 725. The maximum Gasteiger partial charge on any atom is 0.241 e. The maximum absolute atomic E-state index is 12.9. The lowest BCUT2D eigenvalue weighted by Gasteiger charge is -2.57. The van der Waals surface area contributed by atoms with Crippen LogP contribution in [0.5, 0.6) is 11.5 Å². The van der Waals surface area contributed by atoms with Gasteiger partial charge in [-0.15, -0.1) is 12.4 Å². The number of carbonyl (C=O) groups excluding carboxylic acids is 1. The molecule has 1 saturated carbocycles. The van der Waals surface area contributed by atoms with E-state index in [2.05, 4.69) is 5.32 Å². The van der Waals surface area contributed by atoms with Crippen LogP contribution in [-0.2, 0) is 22.5 Å². The molecule has 0 spiro atoms. The zero-order valence-corrected chi connectivity index (χ0v) is 18.3. The van der Waals surface area contributed by atoms with Gasteiger partial charge in [-0.1, -0.05) is 13.8 Å². The maximum atomic E-state index is 12.9. The second-order valence-corrected chi connectivity index (χ2v) is 8.16. The summed E-state index contributed by atoms with van der Waals surface area (Å²) in [5.41, 5.74) is 7.18. The molecule has 0 saturated heterocycles. The number of ether oxygens (including phenoxy) is 3. The Hall–Kier alpha value is -1.50. The van der Waals surface area contributed by atoms with Gasteiger partial charge in [0.1, 0.15) is 23.1 Å². The van der Waals surface area contributed by atoms with Crippen LogP contribution in [0, 0.1) is 5.41 Å². The molecule has 158 valence electrons. The lowest BCUT2D eigenvalue weighted by molar-refractivity contribution is -0.170. The highest BCUT2D eigenvalue weighted by molar-refractivity contribution is 5.88. The van der Waals surface area contributed by atoms with Crippen LogP contribution in [0.25, 0.3) is 0 Å². The molecule has 3 atom stereocenters. The van der Waals surface area contributed by atoms with Crippen molar-refractivity contribution < 1.29 is 19.0 Å². The third-order valence-electron chi connectivity index (χ3n) is 6.05. The number of nitrogens with two attached hydrogens (primary N) is 1. The molecule has 3 unspecified atom stereocenters. The Morgan fingerprint density at radius 1 is 1.32 bits per heavy atom. The SMILES string of the molecule is CCOc1cc2c(cc1CNC(=O)C1(N)CC(OCC)C1(C)C)OC(C)C2.Cl. The fourth-order valence-corrected chi connectivity index (χ4v) is 4.06. The summed E-state index contributed by atoms with van der Waals surface area (Å²) in [6.45, 7) is 11.5. The predicted octanol–water partition coefficient (Wildman–Crippen LogP) is 2.98. The molecule has 3 N–H and O–H groups in total. The zero-order chi connectivity index (χ0) is 19.8. The van der Waals surface area contributed by atoms with Crippen molar-refractivity contribution >= 4 is 18.3 Å². The summed E-state index contributed by atoms with van der Waals surface area (Å²) in [5, 5.41) is 3.01. The molecule has 0 bridgehead atoms. The first-order chi connectivity index (χ1) is 12.7. The minimum atomic E-state index is -0.930. The normalized spacial score (nSPS) is 27.1. The number of hydrogen-bond donors (Lipinski definition) is 2. The molecule has 1 aliphatic carbocycles. The van der Waals surface area contributed by atoms with Crippen LogP contribution in [0.3, 0.4) is 0 Å². The molecule has 2 aliphatic rings. The highest BCUT2D eigenvalue weighted by atomic mass is 35.5. The first-order valence-corrected chi connectivity index (χ1v) is 9.87. The van der Waals surface area contributed by atoms with Gasteiger partial charge in [-0.05, 0) is 32.9 Å². The Labute approximate surface area is 173 Å². The number of benzene rings is 1. The van der Waals surface area contributed by atoms with E-state index >= 15 is 0 Å². The summed E-state index contributed by atoms with van der Waals surface area (Å²) >= 11 is 0. The topological polar surface area (TPSA) is 82.8 Å². The van der Waals surface area contributed by atoms with E-state index in [0.717, 1.165) is 29.0 Å². The van der Waals surface area contributed by atoms with Crippen molar-refractivity contribution in [1.82, 2.24) is 5.32 Å². The van der Waals surface area contributed by atoms with Gasteiger partial charge in [0.2, 0.25) is 5.91 Å². The molecular weight excluding hydrogens is 380 g/mol. The summed E-state index contributed by atoms with van der Waals surface area (Å²) in [4.78, 5) is 12.9. The van der Waals surface area contributed by atoms with Crippen LogP contribution < -0.4 is 20.5 Å².